The van der Waals surface area contributed by atoms with Crippen molar-refractivity contribution in [3.05, 3.63) is 53.8 Å². The zero-order chi connectivity index (χ0) is 21.5. The molecule has 10 heteroatoms. The van der Waals surface area contributed by atoms with Gasteiger partial charge in [-0.25, -0.2) is 12.8 Å². The predicted molar refractivity (Wildman–Crippen MR) is 106 cm³/mol. The van der Waals surface area contributed by atoms with Gasteiger partial charge in [0.1, 0.15) is 11.6 Å². The van der Waals surface area contributed by atoms with Gasteiger partial charge in [-0.2, -0.15) is 4.31 Å². The van der Waals surface area contributed by atoms with Crippen LogP contribution in [0.15, 0.2) is 47.4 Å². The molecule has 0 unspecified atom stereocenters. The number of hydrogen-bond donors (Lipinski definition) is 1. The van der Waals surface area contributed by atoms with Gasteiger partial charge in [0.15, 0.2) is 6.10 Å². The van der Waals surface area contributed by atoms with E-state index in [9.17, 15) is 22.4 Å². The lowest BCUT2D eigenvalue weighted by molar-refractivity contribution is -0.122. The van der Waals surface area contributed by atoms with Crippen LogP contribution >= 0.6 is 0 Å². The lowest BCUT2D eigenvalue weighted by Gasteiger charge is -2.34. The fourth-order valence-electron chi connectivity index (χ4n) is 3.43. The molecule has 0 aliphatic carbocycles. The summed E-state index contributed by atoms with van der Waals surface area (Å²) in [5, 5.41) is 2.64. The lowest BCUT2D eigenvalue weighted by atomic mass is 10.2. The molecule has 1 atom stereocenters. The minimum atomic E-state index is -3.82. The average Bonchev–Trinajstić information content (AvgIpc) is 2.74. The highest BCUT2D eigenvalue weighted by Crippen LogP contribution is 2.33. The summed E-state index contributed by atoms with van der Waals surface area (Å²) in [6, 6.07) is 9.73. The number of fused-ring (bicyclic) bond motifs is 1. The summed E-state index contributed by atoms with van der Waals surface area (Å²) in [6.07, 6.45) is -0.649. The van der Waals surface area contributed by atoms with Crippen LogP contribution < -0.4 is 10.1 Å². The van der Waals surface area contributed by atoms with E-state index in [1.54, 1.807) is 6.92 Å². The monoisotopic (exact) mass is 433 g/mol. The molecule has 2 amide bonds. The Morgan fingerprint density at radius 3 is 2.57 bits per heavy atom. The summed E-state index contributed by atoms with van der Waals surface area (Å²) in [7, 11) is -3.82. The van der Waals surface area contributed by atoms with E-state index in [-0.39, 0.29) is 48.5 Å². The fraction of sp³-hybridized carbons (Fsp3) is 0.300. The van der Waals surface area contributed by atoms with Crippen molar-refractivity contribution in [1.82, 2.24) is 9.21 Å². The Hall–Kier alpha value is -2.98. The molecular weight excluding hydrogens is 413 g/mol. The van der Waals surface area contributed by atoms with Gasteiger partial charge >= 0.3 is 0 Å². The third-order valence-electron chi connectivity index (χ3n) is 5.12. The summed E-state index contributed by atoms with van der Waals surface area (Å²) in [6.45, 7) is 2.21. The quantitative estimate of drug-likeness (QED) is 0.795. The van der Waals surface area contributed by atoms with E-state index in [1.165, 1.54) is 45.6 Å². The topological polar surface area (TPSA) is 96.0 Å². The maximum Gasteiger partial charge on any atom is 0.265 e. The average molecular weight is 433 g/mol. The van der Waals surface area contributed by atoms with Gasteiger partial charge in [0, 0.05) is 31.7 Å². The van der Waals surface area contributed by atoms with Crippen molar-refractivity contribution in [3.8, 4) is 5.75 Å². The van der Waals surface area contributed by atoms with Gasteiger partial charge in [0.2, 0.25) is 10.0 Å². The number of halogens is 1. The van der Waals surface area contributed by atoms with E-state index in [0.29, 0.717) is 11.4 Å². The number of carbonyl (C=O) groups is 2. The number of ether oxygens (including phenoxy) is 1. The third kappa shape index (κ3) is 3.75. The Labute approximate surface area is 173 Å². The Bertz CT molecular complexity index is 1110. The molecule has 8 nitrogen and oxygen atoms in total. The summed E-state index contributed by atoms with van der Waals surface area (Å²) >= 11 is 0. The van der Waals surface area contributed by atoms with Crippen LogP contribution in [0.25, 0.3) is 0 Å². The van der Waals surface area contributed by atoms with Gasteiger partial charge in [-0.15, -0.1) is 0 Å². The van der Waals surface area contributed by atoms with Crippen LogP contribution in [-0.4, -0.2) is 61.7 Å². The molecule has 2 aromatic carbocycles. The first-order valence-electron chi connectivity index (χ1n) is 9.42. The lowest BCUT2D eigenvalue weighted by Crippen LogP contribution is -2.50. The SMILES string of the molecule is C[C@@H]1Oc2ccc(S(=O)(=O)N3CCN(C(=O)c4cccc(F)c4)CC3)cc2NC1=O. The van der Waals surface area contributed by atoms with E-state index >= 15 is 0 Å². The molecule has 1 fully saturated rings. The van der Waals surface area contributed by atoms with Crippen molar-refractivity contribution in [2.45, 2.75) is 17.9 Å². The third-order valence-corrected chi connectivity index (χ3v) is 7.01. The number of piperazine rings is 1. The smallest absolute Gasteiger partial charge is 0.265 e. The maximum atomic E-state index is 13.4. The number of carbonyl (C=O) groups excluding carboxylic acids is 2. The van der Waals surface area contributed by atoms with Gasteiger partial charge in [0.25, 0.3) is 11.8 Å². The highest BCUT2D eigenvalue weighted by atomic mass is 32.2. The van der Waals surface area contributed by atoms with Crippen molar-refractivity contribution in [1.29, 1.82) is 0 Å². The van der Waals surface area contributed by atoms with E-state index in [4.69, 9.17) is 4.74 Å². The number of nitrogens with one attached hydrogen (secondary N) is 1. The molecule has 1 N–H and O–H groups in total. The zero-order valence-electron chi connectivity index (χ0n) is 16.2. The van der Waals surface area contributed by atoms with Gasteiger partial charge in [0.05, 0.1) is 10.6 Å². The second-order valence-corrected chi connectivity index (χ2v) is 9.05. The molecule has 4 rings (SSSR count). The highest BCUT2D eigenvalue weighted by molar-refractivity contribution is 7.89. The predicted octanol–water partition coefficient (Wildman–Crippen LogP) is 1.69. The van der Waals surface area contributed by atoms with E-state index in [1.807, 2.05) is 0 Å². The summed E-state index contributed by atoms with van der Waals surface area (Å²) in [5.41, 5.74) is 0.532. The molecule has 2 heterocycles. The van der Waals surface area contributed by atoms with Gasteiger partial charge < -0.3 is 15.0 Å². The molecule has 2 aliphatic heterocycles. The Balaban J connectivity index is 1.47. The van der Waals surface area contributed by atoms with E-state index in [2.05, 4.69) is 5.32 Å². The minimum Gasteiger partial charge on any atom is -0.479 e. The first-order chi connectivity index (χ1) is 14.3. The minimum absolute atomic E-state index is 0.0320. The number of hydrogen-bond acceptors (Lipinski definition) is 5. The molecule has 30 heavy (non-hydrogen) atoms. The largest absolute Gasteiger partial charge is 0.479 e. The van der Waals surface area contributed by atoms with Crippen molar-refractivity contribution in [2.24, 2.45) is 0 Å². The molecule has 0 aromatic heterocycles. The number of sulfonamides is 1. The van der Waals surface area contributed by atoms with Gasteiger partial charge in [-0.1, -0.05) is 6.07 Å². The molecule has 0 radical (unpaired) electrons. The van der Waals surface area contributed by atoms with Crippen LogP contribution in [-0.2, 0) is 14.8 Å². The highest BCUT2D eigenvalue weighted by Gasteiger charge is 2.32. The van der Waals surface area contributed by atoms with Crippen LogP contribution in [0.2, 0.25) is 0 Å². The Kier molecular flexibility index (Phi) is 5.20. The number of amides is 2. The molecule has 0 bridgehead atoms. The van der Waals surface area contributed by atoms with E-state index < -0.39 is 21.9 Å². The van der Waals surface area contributed by atoms with Gasteiger partial charge in [-0.05, 0) is 43.3 Å². The number of benzene rings is 2. The summed E-state index contributed by atoms with van der Waals surface area (Å²) in [5.74, 6) is -0.776. The number of rotatable bonds is 3. The molecule has 2 aliphatic rings. The fourth-order valence-corrected chi connectivity index (χ4v) is 4.88. The molecule has 1 saturated heterocycles. The van der Waals surface area contributed by atoms with Crippen molar-refractivity contribution in [2.75, 3.05) is 31.5 Å². The van der Waals surface area contributed by atoms with Crippen LogP contribution in [0, 0.1) is 5.82 Å². The molecule has 0 spiro atoms. The van der Waals surface area contributed by atoms with Crippen LogP contribution in [0.4, 0.5) is 10.1 Å². The van der Waals surface area contributed by atoms with Crippen LogP contribution in [0.3, 0.4) is 0 Å². The van der Waals surface area contributed by atoms with Crippen LogP contribution in [0.1, 0.15) is 17.3 Å². The normalized spacial score (nSPS) is 19.6. The maximum absolute atomic E-state index is 13.4. The van der Waals surface area contributed by atoms with Crippen molar-refractivity contribution in [3.63, 3.8) is 0 Å². The van der Waals surface area contributed by atoms with Gasteiger partial charge in [-0.3, -0.25) is 9.59 Å². The van der Waals surface area contributed by atoms with E-state index in [0.717, 1.165) is 6.07 Å². The Morgan fingerprint density at radius 1 is 1.13 bits per heavy atom. The van der Waals surface area contributed by atoms with Crippen molar-refractivity contribution < 1.29 is 27.1 Å². The summed E-state index contributed by atoms with van der Waals surface area (Å²) in [4.78, 5) is 25.9. The second-order valence-electron chi connectivity index (χ2n) is 7.11. The standard InChI is InChI=1S/C20H20FN3O5S/c1-13-19(25)22-17-12-16(5-6-18(17)29-13)30(27,28)24-9-7-23(8-10-24)20(26)14-3-2-4-15(21)11-14/h2-6,11-13H,7-10H2,1H3,(H,22,25)/t13-/m0/s1. The Morgan fingerprint density at radius 2 is 1.87 bits per heavy atom. The molecule has 2 aromatic rings. The van der Waals surface area contributed by atoms with Crippen molar-refractivity contribution >= 4 is 27.5 Å². The number of anilines is 1. The summed E-state index contributed by atoms with van der Waals surface area (Å²) < 4.78 is 46.2. The first-order valence-corrected chi connectivity index (χ1v) is 10.9. The molecule has 158 valence electrons. The first kappa shape index (κ1) is 20.3. The zero-order valence-corrected chi connectivity index (χ0v) is 17.0. The molecular formula is C20H20FN3O5S. The molecule has 0 saturated carbocycles. The second kappa shape index (κ2) is 7.69. The number of nitrogens with zero attached hydrogens (tertiary/aromatic N) is 2. The van der Waals surface area contributed by atoms with Crippen LogP contribution in [0.5, 0.6) is 5.75 Å².